The highest BCUT2D eigenvalue weighted by atomic mass is 79.9. The first-order chi connectivity index (χ1) is 12.0. The number of halogens is 1. The second kappa shape index (κ2) is 7.97. The molecule has 0 radical (unpaired) electrons. The van der Waals surface area contributed by atoms with Crippen molar-refractivity contribution in [2.45, 2.75) is 25.0 Å². The van der Waals surface area contributed by atoms with Crippen LogP contribution in [0.1, 0.15) is 35.7 Å². The summed E-state index contributed by atoms with van der Waals surface area (Å²) in [5, 5.41) is 8.43. The van der Waals surface area contributed by atoms with Gasteiger partial charge in [0.2, 0.25) is 5.89 Å². The lowest BCUT2D eigenvalue weighted by molar-refractivity contribution is 0.102. The Morgan fingerprint density at radius 3 is 2.40 bits per heavy atom. The summed E-state index contributed by atoms with van der Waals surface area (Å²) in [5.74, 6) is 1.21. The minimum Gasteiger partial charge on any atom is -0.411 e. The van der Waals surface area contributed by atoms with Gasteiger partial charge in [0.25, 0.3) is 5.22 Å². The van der Waals surface area contributed by atoms with E-state index in [1.54, 1.807) is 0 Å². The maximum Gasteiger partial charge on any atom is 0.277 e. The molecule has 4 nitrogen and oxygen atoms in total. The Kier molecular flexibility index (Phi) is 5.71. The Morgan fingerprint density at radius 2 is 1.76 bits per heavy atom. The molecule has 2 aromatic carbocycles. The number of ketones is 1. The molecule has 0 fully saturated rings. The highest BCUT2D eigenvalue weighted by molar-refractivity contribution is 9.10. The van der Waals surface area contributed by atoms with Crippen LogP contribution in [0.3, 0.4) is 0 Å². The van der Waals surface area contributed by atoms with Gasteiger partial charge in [-0.25, -0.2) is 0 Å². The number of hydrogen-bond acceptors (Lipinski definition) is 5. The summed E-state index contributed by atoms with van der Waals surface area (Å²) < 4.78 is 6.61. The number of benzene rings is 2. The zero-order chi connectivity index (χ0) is 17.8. The van der Waals surface area contributed by atoms with Crippen molar-refractivity contribution >= 4 is 33.5 Å². The second-order valence-corrected chi connectivity index (χ2v) is 7.71. The molecule has 0 aliphatic carbocycles. The molecule has 0 unspecified atom stereocenters. The first-order valence-electron chi connectivity index (χ1n) is 7.88. The molecule has 0 saturated heterocycles. The minimum atomic E-state index is 0.0451. The number of nitrogens with zero attached hydrogens (tertiary/aromatic N) is 2. The van der Waals surface area contributed by atoms with Crippen molar-refractivity contribution < 1.29 is 9.21 Å². The van der Waals surface area contributed by atoms with Gasteiger partial charge in [-0.3, -0.25) is 4.79 Å². The van der Waals surface area contributed by atoms with E-state index in [0.29, 0.717) is 22.6 Å². The Bertz CT molecular complexity index is 858. The van der Waals surface area contributed by atoms with Gasteiger partial charge in [0, 0.05) is 15.6 Å². The van der Waals surface area contributed by atoms with Crippen molar-refractivity contribution in [3.05, 3.63) is 64.1 Å². The molecule has 0 bridgehead atoms. The highest BCUT2D eigenvalue weighted by Crippen LogP contribution is 2.25. The average molecular weight is 417 g/mol. The molecule has 0 N–H and O–H groups in total. The summed E-state index contributed by atoms with van der Waals surface area (Å²) >= 11 is 4.64. The zero-order valence-corrected chi connectivity index (χ0v) is 16.3. The van der Waals surface area contributed by atoms with Crippen LogP contribution >= 0.6 is 27.7 Å². The molecule has 0 atom stereocenters. The van der Waals surface area contributed by atoms with E-state index in [4.69, 9.17) is 4.42 Å². The van der Waals surface area contributed by atoms with Crippen LogP contribution < -0.4 is 0 Å². The fourth-order valence-electron chi connectivity index (χ4n) is 2.24. The van der Waals surface area contributed by atoms with E-state index < -0.39 is 0 Å². The van der Waals surface area contributed by atoms with Crippen LogP contribution in [-0.2, 0) is 0 Å². The highest BCUT2D eigenvalue weighted by Gasteiger charge is 2.12. The number of carbonyl (C=O) groups excluding carboxylic acids is 1. The van der Waals surface area contributed by atoms with Gasteiger partial charge in [-0.1, -0.05) is 65.8 Å². The van der Waals surface area contributed by atoms with E-state index in [1.807, 2.05) is 48.5 Å². The van der Waals surface area contributed by atoms with E-state index in [9.17, 15) is 4.79 Å². The molecule has 0 spiro atoms. The number of thioether (sulfide) groups is 1. The summed E-state index contributed by atoms with van der Waals surface area (Å²) in [7, 11) is 0. The lowest BCUT2D eigenvalue weighted by atomic mass is 10.0. The smallest absolute Gasteiger partial charge is 0.277 e. The monoisotopic (exact) mass is 416 g/mol. The fraction of sp³-hybridized carbons (Fsp3) is 0.211. The van der Waals surface area contributed by atoms with E-state index in [0.717, 1.165) is 10.0 Å². The third-order valence-electron chi connectivity index (χ3n) is 3.72. The summed E-state index contributed by atoms with van der Waals surface area (Å²) in [4.78, 5) is 12.3. The fourth-order valence-corrected chi connectivity index (χ4v) is 3.16. The van der Waals surface area contributed by atoms with Crippen molar-refractivity contribution in [3.63, 3.8) is 0 Å². The van der Waals surface area contributed by atoms with E-state index in [1.165, 1.54) is 17.3 Å². The van der Waals surface area contributed by atoms with Gasteiger partial charge in [-0.2, -0.15) is 0 Å². The molecule has 1 aromatic heterocycles. The predicted molar refractivity (Wildman–Crippen MR) is 103 cm³/mol. The maximum atomic E-state index is 12.3. The molecule has 6 heteroatoms. The normalized spacial score (nSPS) is 11.0. The van der Waals surface area contributed by atoms with Crippen LogP contribution in [0.2, 0.25) is 0 Å². The summed E-state index contributed by atoms with van der Waals surface area (Å²) in [5.41, 5.74) is 2.77. The molecule has 3 aromatic rings. The van der Waals surface area contributed by atoms with E-state index in [-0.39, 0.29) is 11.5 Å². The van der Waals surface area contributed by atoms with Crippen LogP contribution in [0.5, 0.6) is 0 Å². The molecule has 3 rings (SSSR count). The topological polar surface area (TPSA) is 56.0 Å². The van der Waals surface area contributed by atoms with Crippen molar-refractivity contribution in [2.24, 2.45) is 0 Å². The number of carbonyl (C=O) groups is 1. The van der Waals surface area contributed by atoms with Crippen LogP contribution in [0.4, 0.5) is 0 Å². The Labute approximate surface area is 159 Å². The molecule has 1 heterocycles. The van der Waals surface area contributed by atoms with Crippen molar-refractivity contribution in [3.8, 4) is 11.5 Å². The Hall–Kier alpha value is -1.92. The zero-order valence-electron chi connectivity index (χ0n) is 13.9. The van der Waals surface area contributed by atoms with E-state index >= 15 is 0 Å². The van der Waals surface area contributed by atoms with Crippen molar-refractivity contribution in [1.29, 1.82) is 0 Å². The first kappa shape index (κ1) is 17.9. The number of hydrogen-bond donors (Lipinski definition) is 0. The van der Waals surface area contributed by atoms with Gasteiger partial charge in [0.1, 0.15) is 0 Å². The largest absolute Gasteiger partial charge is 0.411 e. The second-order valence-electron chi connectivity index (χ2n) is 5.87. The third-order valence-corrected chi connectivity index (χ3v) is 5.07. The van der Waals surface area contributed by atoms with Gasteiger partial charge in [0.15, 0.2) is 5.78 Å². The van der Waals surface area contributed by atoms with Gasteiger partial charge in [-0.05, 0) is 35.7 Å². The van der Waals surface area contributed by atoms with Crippen LogP contribution in [0.25, 0.3) is 11.5 Å². The van der Waals surface area contributed by atoms with Gasteiger partial charge < -0.3 is 4.42 Å². The van der Waals surface area contributed by atoms with Crippen LogP contribution in [0, 0.1) is 0 Å². The lowest BCUT2D eigenvalue weighted by Crippen LogP contribution is -2.02. The van der Waals surface area contributed by atoms with E-state index in [2.05, 4.69) is 40.0 Å². The SMILES string of the molecule is CC(C)c1ccc(C(=O)CSc2nnc(-c3ccc(Br)cc3)o2)cc1. The molecular formula is C19H17BrN2O2S. The Morgan fingerprint density at radius 1 is 1.08 bits per heavy atom. The van der Waals surface area contributed by atoms with Crippen molar-refractivity contribution in [1.82, 2.24) is 10.2 Å². The molecule has 0 aliphatic rings. The number of Topliss-reactive ketones (excluding diaryl/α,β-unsaturated/α-hetero) is 1. The predicted octanol–water partition coefficient (Wildman–Crippen LogP) is 5.60. The number of aromatic nitrogens is 2. The first-order valence-corrected chi connectivity index (χ1v) is 9.66. The third kappa shape index (κ3) is 4.58. The molecular weight excluding hydrogens is 400 g/mol. The maximum absolute atomic E-state index is 12.3. The number of rotatable bonds is 6. The molecule has 0 aliphatic heterocycles. The summed E-state index contributed by atoms with van der Waals surface area (Å²) in [6.07, 6.45) is 0. The van der Waals surface area contributed by atoms with Gasteiger partial charge in [0.05, 0.1) is 5.75 Å². The molecule has 0 saturated carbocycles. The van der Waals surface area contributed by atoms with Crippen LogP contribution in [-0.4, -0.2) is 21.7 Å². The van der Waals surface area contributed by atoms with Gasteiger partial charge >= 0.3 is 0 Å². The molecule has 0 amide bonds. The Balaban J connectivity index is 1.61. The van der Waals surface area contributed by atoms with Crippen LogP contribution in [0.15, 0.2) is 62.6 Å². The quantitative estimate of drug-likeness (QED) is 0.386. The standard InChI is InChI=1S/C19H17BrN2O2S/c1-12(2)13-3-5-14(6-4-13)17(23)11-25-19-22-21-18(24-19)15-7-9-16(20)10-8-15/h3-10,12H,11H2,1-2H3. The molecule has 128 valence electrons. The van der Waals surface area contributed by atoms with Crippen molar-refractivity contribution in [2.75, 3.05) is 5.75 Å². The summed E-state index contributed by atoms with van der Waals surface area (Å²) in [6, 6.07) is 15.4. The average Bonchev–Trinajstić information content (AvgIpc) is 3.09. The lowest BCUT2D eigenvalue weighted by Gasteiger charge is -2.05. The summed E-state index contributed by atoms with van der Waals surface area (Å²) in [6.45, 7) is 4.26. The minimum absolute atomic E-state index is 0.0451. The molecule has 25 heavy (non-hydrogen) atoms. The van der Waals surface area contributed by atoms with Gasteiger partial charge in [-0.15, -0.1) is 10.2 Å².